The van der Waals surface area contributed by atoms with Crippen LogP contribution < -0.4 is 14.2 Å². The molecule has 3 aromatic rings. The van der Waals surface area contributed by atoms with Crippen molar-refractivity contribution < 1.29 is 32.2 Å². The second-order valence-electron chi connectivity index (χ2n) is 7.81. The van der Waals surface area contributed by atoms with Crippen LogP contribution in [0.3, 0.4) is 0 Å². The highest BCUT2D eigenvalue weighted by Gasteiger charge is 2.20. The lowest BCUT2D eigenvalue weighted by molar-refractivity contribution is 0.0474. The van der Waals surface area contributed by atoms with E-state index in [0.717, 1.165) is 11.1 Å². The molecule has 0 bridgehead atoms. The Kier molecular flexibility index (Phi) is 6.56. The van der Waals surface area contributed by atoms with Gasteiger partial charge in [0.2, 0.25) is 5.78 Å². The van der Waals surface area contributed by atoms with Crippen LogP contribution in [0.2, 0.25) is 0 Å². The van der Waals surface area contributed by atoms with Crippen molar-refractivity contribution in [1.29, 1.82) is 0 Å². The van der Waals surface area contributed by atoms with Gasteiger partial charge in [-0.05, 0) is 55.8 Å². The second-order valence-corrected chi connectivity index (χ2v) is 9.49. The third kappa shape index (κ3) is 5.20. The molecule has 3 aromatic carbocycles. The molecule has 9 heteroatoms. The molecule has 1 aliphatic rings. The van der Waals surface area contributed by atoms with E-state index in [0.29, 0.717) is 30.3 Å². The molecule has 1 aliphatic heterocycles. The van der Waals surface area contributed by atoms with Gasteiger partial charge in [-0.15, -0.1) is 0 Å². The molecule has 0 atom stereocenters. The van der Waals surface area contributed by atoms with Crippen molar-refractivity contribution in [3.05, 3.63) is 82.9 Å². The Hall–Kier alpha value is -3.85. The van der Waals surface area contributed by atoms with Gasteiger partial charge >= 0.3 is 5.97 Å². The van der Waals surface area contributed by atoms with Crippen LogP contribution in [0.25, 0.3) is 0 Å². The average molecular weight is 482 g/mol. The number of carbonyl (C=O) groups is 2. The van der Waals surface area contributed by atoms with Crippen LogP contribution in [0.4, 0.5) is 5.69 Å². The molecular weight excluding hydrogens is 458 g/mol. The number of esters is 1. The lowest BCUT2D eigenvalue weighted by Crippen LogP contribution is -2.17. The maximum absolute atomic E-state index is 12.7. The maximum Gasteiger partial charge on any atom is 0.338 e. The highest BCUT2D eigenvalue weighted by Crippen LogP contribution is 2.32. The first-order valence-electron chi connectivity index (χ1n) is 10.5. The topological polar surface area (TPSA) is 108 Å². The van der Waals surface area contributed by atoms with Crippen molar-refractivity contribution in [2.24, 2.45) is 0 Å². The Labute approximate surface area is 197 Å². The highest BCUT2D eigenvalue weighted by atomic mass is 32.2. The molecule has 0 fully saturated rings. The number of benzene rings is 3. The van der Waals surface area contributed by atoms with Crippen molar-refractivity contribution in [1.82, 2.24) is 0 Å². The first-order chi connectivity index (χ1) is 16.2. The molecule has 0 aromatic heterocycles. The van der Waals surface area contributed by atoms with Crippen molar-refractivity contribution in [2.75, 3.05) is 24.5 Å². The number of carbonyl (C=O) groups excluding carboxylic acids is 2. The lowest BCUT2D eigenvalue weighted by Gasteiger charge is -2.19. The molecule has 4 rings (SSSR count). The lowest BCUT2D eigenvalue weighted by atomic mass is 10.0. The van der Waals surface area contributed by atoms with Gasteiger partial charge in [-0.25, -0.2) is 13.2 Å². The third-order valence-electron chi connectivity index (χ3n) is 5.21. The summed E-state index contributed by atoms with van der Waals surface area (Å²) >= 11 is 0. The van der Waals surface area contributed by atoms with Crippen LogP contribution in [-0.2, 0) is 14.8 Å². The number of hydrogen-bond acceptors (Lipinski definition) is 7. The second kappa shape index (κ2) is 9.56. The zero-order valence-electron chi connectivity index (χ0n) is 18.7. The Morgan fingerprint density at radius 1 is 0.912 bits per heavy atom. The van der Waals surface area contributed by atoms with E-state index >= 15 is 0 Å². The van der Waals surface area contributed by atoms with Crippen molar-refractivity contribution >= 4 is 27.5 Å². The summed E-state index contributed by atoms with van der Waals surface area (Å²) in [4.78, 5) is 24.7. The first-order valence-corrected chi connectivity index (χ1v) is 12.0. The van der Waals surface area contributed by atoms with Crippen molar-refractivity contribution in [3.63, 3.8) is 0 Å². The van der Waals surface area contributed by atoms with E-state index in [1.54, 1.807) is 12.1 Å². The largest absolute Gasteiger partial charge is 0.486 e. The molecule has 1 N–H and O–H groups in total. The minimum Gasteiger partial charge on any atom is -0.486 e. The summed E-state index contributed by atoms with van der Waals surface area (Å²) in [7, 11) is -3.89. The fourth-order valence-corrected chi connectivity index (χ4v) is 4.57. The van der Waals surface area contributed by atoms with Crippen LogP contribution >= 0.6 is 0 Å². The van der Waals surface area contributed by atoms with Crippen LogP contribution in [-0.4, -0.2) is 40.0 Å². The summed E-state index contributed by atoms with van der Waals surface area (Å²) in [6.45, 7) is 4.12. The van der Waals surface area contributed by atoms with E-state index < -0.39 is 16.0 Å². The standard InChI is InChI=1S/C25H23NO7S/c1-16-3-9-21(17(2)13-16)22(27)15-33-25(28)18-4-6-19(7-5-18)26-34(29,30)20-8-10-23-24(14-20)32-12-11-31-23/h3-10,13-14,26H,11-12,15H2,1-2H3. The van der Waals surface area contributed by atoms with Gasteiger partial charge in [0.25, 0.3) is 10.0 Å². The molecule has 176 valence electrons. The number of sulfonamides is 1. The molecule has 0 aliphatic carbocycles. The summed E-state index contributed by atoms with van der Waals surface area (Å²) < 4.78 is 43.9. The molecule has 1 heterocycles. The van der Waals surface area contributed by atoms with Gasteiger partial charge in [-0.1, -0.05) is 23.8 Å². The number of fused-ring (bicyclic) bond motifs is 1. The fraction of sp³-hybridized carbons (Fsp3) is 0.200. The van der Waals surface area contributed by atoms with Gasteiger partial charge in [0.1, 0.15) is 13.2 Å². The Bertz CT molecular complexity index is 1350. The number of ether oxygens (including phenoxy) is 3. The van der Waals surface area contributed by atoms with Crippen LogP contribution in [0.5, 0.6) is 11.5 Å². The van der Waals surface area contributed by atoms with Crippen molar-refractivity contribution in [2.45, 2.75) is 18.7 Å². The predicted octanol–water partition coefficient (Wildman–Crippen LogP) is 3.92. The maximum atomic E-state index is 12.7. The minimum absolute atomic E-state index is 0.0187. The van der Waals surface area contributed by atoms with E-state index in [9.17, 15) is 18.0 Å². The number of aryl methyl sites for hydroxylation is 2. The SMILES string of the molecule is Cc1ccc(C(=O)COC(=O)c2ccc(NS(=O)(=O)c3ccc4c(c3)OCCO4)cc2)c(C)c1. The van der Waals surface area contributed by atoms with E-state index in [2.05, 4.69) is 4.72 Å². The van der Waals surface area contributed by atoms with Gasteiger partial charge < -0.3 is 14.2 Å². The number of nitrogens with one attached hydrogen (secondary N) is 1. The van der Waals surface area contributed by atoms with Crippen LogP contribution in [0.15, 0.2) is 65.6 Å². The summed E-state index contributed by atoms with van der Waals surface area (Å²) in [5, 5.41) is 0. The molecule has 34 heavy (non-hydrogen) atoms. The van der Waals surface area contributed by atoms with Gasteiger partial charge in [0, 0.05) is 17.3 Å². The number of rotatable bonds is 7. The number of hydrogen-bond donors (Lipinski definition) is 1. The number of anilines is 1. The third-order valence-corrected chi connectivity index (χ3v) is 6.59. The van der Waals surface area contributed by atoms with Gasteiger partial charge in [-0.2, -0.15) is 0 Å². The molecule has 0 unspecified atom stereocenters. The zero-order valence-corrected chi connectivity index (χ0v) is 19.5. The highest BCUT2D eigenvalue weighted by molar-refractivity contribution is 7.92. The predicted molar refractivity (Wildman–Crippen MR) is 125 cm³/mol. The number of ketones is 1. The first kappa shape index (κ1) is 23.3. The summed E-state index contributed by atoms with van der Waals surface area (Å²) in [6, 6.07) is 15.5. The summed E-state index contributed by atoms with van der Waals surface area (Å²) in [6.07, 6.45) is 0. The van der Waals surface area contributed by atoms with Gasteiger partial charge in [-0.3, -0.25) is 9.52 Å². The molecule has 0 saturated heterocycles. The Morgan fingerprint density at radius 3 is 2.32 bits per heavy atom. The summed E-state index contributed by atoms with van der Waals surface area (Å²) in [5.74, 6) is -0.124. The molecule has 0 radical (unpaired) electrons. The zero-order chi connectivity index (χ0) is 24.3. The van der Waals surface area contributed by atoms with Crippen LogP contribution in [0.1, 0.15) is 31.8 Å². The smallest absolute Gasteiger partial charge is 0.338 e. The molecule has 0 spiro atoms. The van der Waals surface area contributed by atoms with E-state index in [1.807, 2.05) is 26.0 Å². The molecular formula is C25H23NO7S. The average Bonchev–Trinajstić information content (AvgIpc) is 2.82. The van der Waals surface area contributed by atoms with Crippen molar-refractivity contribution in [3.8, 4) is 11.5 Å². The Morgan fingerprint density at radius 2 is 1.62 bits per heavy atom. The normalized spacial score (nSPS) is 12.6. The Balaban J connectivity index is 1.38. The van der Waals surface area contributed by atoms with Crippen LogP contribution in [0, 0.1) is 13.8 Å². The molecule has 0 saturated carbocycles. The monoisotopic (exact) mass is 481 g/mol. The van der Waals surface area contributed by atoms with Gasteiger partial charge in [0.15, 0.2) is 18.1 Å². The summed E-state index contributed by atoms with van der Waals surface area (Å²) in [5.41, 5.74) is 2.81. The molecule has 0 amide bonds. The minimum atomic E-state index is -3.89. The van der Waals surface area contributed by atoms with Gasteiger partial charge in [0.05, 0.1) is 10.5 Å². The van der Waals surface area contributed by atoms with E-state index in [1.165, 1.54) is 36.4 Å². The molecule has 8 nitrogen and oxygen atoms in total. The number of Topliss-reactive ketones (excluding diaryl/α,β-unsaturated/α-hetero) is 1. The van der Waals surface area contributed by atoms with E-state index in [4.69, 9.17) is 14.2 Å². The quantitative estimate of drug-likeness (QED) is 0.403. The fourth-order valence-electron chi connectivity index (χ4n) is 3.50. The van der Waals surface area contributed by atoms with E-state index in [-0.39, 0.29) is 28.5 Å².